The summed E-state index contributed by atoms with van der Waals surface area (Å²) >= 11 is 0. The molecule has 9 heteroatoms. The molecule has 0 aliphatic carbocycles. The largest absolute Gasteiger partial charge is 0.492 e. The number of hydrogen-bond donors (Lipinski definition) is 2. The van der Waals surface area contributed by atoms with Crippen LogP contribution >= 0.6 is 0 Å². The number of imide groups is 1. The Bertz CT molecular complexity index is 1420. The molecule has 0 radical (unpaired) electrons. The third kappa shape index (κ3) is 3.26. The fourth-order valence-electron chi connectivity index (χ4n) is 6.37. The van der Waals surface area contributed by atoms with E-state index in [0.717, 1.165) is 54.8 Å². The van der Waals surface area contributed by atoms with Crippen LogP contribution in [0.3, 0.4) is 0 Å². The quantitative estimate of drug-likeness (QED) is 0.551. The fourth-order valence-corrected chi connectivity index (χ4v) is 6.37. The number of hydrogen-bond acceptors (Lipinski definition) is 6. The fraction of sp³-hybridized carbons (Fsp3) is 0.407. The van der Waals surface area contributed by atoms with Crippen molar-refractivity contribution in [1.82, 2.24) is 25.1 Å². The van der Waals surface area contributed by atoms with Crippen molar-refractivity contribution in [2.45, 2.75) is 50.2 Å². The van der Waals surface area contributed by atoms with Gasteiger partial charge in [0.1, 0.15) is 11.8 Å². The first-order valence-corrected chi connectivity index (χ1v) is 12.6. The molecule has 9 nitrogen and oxygen atoms in total. The molecule has 4 aliphatic rings. The number of aromatic nitrogens is 2. The summed E-state index contributed by atoms with van der Waals surface area (Å²) in [5.41, 5.74) is 6.03. The molecule has 4 aliphatic heterocycles. The Kier molecular flexibility index (Phi) is 4.73. The molecular formula is C27H27N5O4. The van der Waals surface area contributed by atoms with E-state index in [1.807, 2.05) is 12.1 Å². The van der Waals surface area contributed by atoms with Crippen molar-refractivity contribution in [3.05, 3.63) is 58.9 Å². The van der Waals surface area contributed by atoms with Crippen LogP contribution in [0.15, 0.2) is 36.7 Å². The van der Waals surface area contributed by atoms with Gasteiger partial charge >= 0.3 is 0 Å². The molecule has 1 unspecified atom stereocenters. The number of fused-ring (bicyclic) bond motifs is 4. The van der Waals surface area contributed by atoms with Crippen molar-refractivity contribution >= 4 is 28.8 Å². The topological polar surface area (TPSA) is 108 Å². The van der Waals surface area contributed by atoms with Gasteiger partial charge in [0.15, 0.2) is 0 Å². The molecule has 0 saturated carbocycles. The number of piperidine rings is 2. The zero-order valence-corrected chi connectivity index (χ0v) is 19.9. The minimum Gasteiger partial charge on any atom is -0.492 e. The van der Waals surface area contributed by atoms with E-state index in [2.05, 4.69) is 38.4 Å². The van der Waals surface area contributed by atoms with Gasteiger partial charge in [-0.3, -0.25) is 24.6 Å². The van der Waals surface area contributed by atoms with Gasteiger partial charge in [0.05, 0.1) is 24.0 Å². The summed E-state index contributed by atoms with van der Waals surface area (Å²) in [6.45, 7) is 3.82. The third-order valence-corrected chi connectivity index (χ3v) is 8.44. The van der Waals surface area contributed by atoms with E-state index in [1.165, 1.54) is 11.1 Å². The number of nitrogens with zero attached hydrogens (tertiary/aromatic N) is 3. The Balaban J connectivity index is 1.09. The number of imidazole rings is 1. The molecule has 2 fully saturated rings. The SMILES string of the molecule is O=C1CCC(N2Cc3cc4c(cc3C2=O)OCC42CCN(Cc3cccc4[nH]cnc34)CC2)C(=O)N1. The highest BCUT2D eigenvalue weighted by Gasteiger charge is 2.46. The van der Waals surface area contributed by atoms with Gasteiger partial charge < -0.3 is 14.6 Å². The number of carbonyl (C=O) groups is 3. The zero-order valence-electron chi connectivity index (χ0n) is 19.9. The second-order valence-corrected chi connectivity index (χ2v) is 10.5. The van der Waals surface area contributed by atoms with E-state index in [-0.39, 0.29) is 29.6 Å². The summed E-state index contributed by atoms with van der Waals surface area (Å²) in [4.78, 5) is 48.9. The van der Waals surface area contributed by atoms with Crippen LogP contribution in [0, 0.1) is 0 Å². The number of benzene rings is 2. The maximum Gasteiger partial charge on any atom is 0.255 e. The van der Waals surface area contributed by atoms with E-state index < -0.39 is 6.04 Å². The van der Waals surface area contributed by atoms with Gasteiger partial charge in [0.2, 0.25) is 11.8 Å². The normalized spacial score (nSPS) is 23.2. The number of likely N-dealkylation sites (tertiary alicyclic amines) is 1. The highest BCUT2D eigenvalue weighted by molar-refractivity contribution is 6.05. The van der Waals surface area contributed by atoms with Crippen LogP contribution in [-0.4, -0.2) is 63.2 Å². The van der Waals surface area contributed by atoms with Gasteiger partial charge in [-0.25, -0.2) is 4.98 Å². The predicted molar refractivity (Wildman–Crippen MR) is 130 cm³/mol. The molecule has 1 spiro atoms. The number of H-pyrrole nitrogens is 1. The lowest BCUT2D eigenvalue weighted by atomic mass is 9.74. The number of amides is 3. The van der Waals surface area contributed by atoms with Crippen molar-refractivity contribution in [3.63, 3.8) is 0 Å². The third-order valence-electron chi connectivity index (χ3n) is 8.44. The molecule has 2 saturated heterocycles. The molecule has 0 bridgehead atoms. The maximum atomic E-state index is 13.2. The highest BCUT2D eigenvalue weighted by Crippen LogP contribution is 2.48. The van der Waals surface area contributed by atoms with E-state index in [9.17, 15) is 14.4 Å². The van der Waals surface area contributed by atoms with E-state index in [1.54, 1.807) is 11.2 Å². The lowest BCUT2D eigenvalue weighted by Gasteiger charge is -2.38. The second-order valence-electron chi connectivity index (χ2n) is 10.5. The van der Waals surface area contributed by atoms with Gasteiger partial charge in [-0.15, -0.1) is 0 Å². The first-order chi connectivity index (χ1) is 17.5. The van der Waals surface area contributed by atoms with E-state index in [0.29, 0.717) is 25.1 Å². The van der Waals surface area contributed by atoms with Crippen LogP contribution in [0.2, 0.25) is 0 Å². The highest BCUT2D eigenvalue weighted by atomic mass is 16.5. The molecule has 1 atom stereocenters. The molecule has 3 aromatic rings. The predicted octanol–water partition coefficient (Wildman–Crippen LogP) is 2.25. The van der Waals surface area contributed by atoms with Gasteiger partial charge in [-0.1, -0.05) is 12.1 Å². The Hall–Kier alpha value is -3.72. The molecule has 184 valence electrons. The van der Waals surface area contributed by atoms with Crippen molar-refractivity contribution in [3.8, 4) is 5.75 Å². The molecule has 7 rings (SSSR count). The summed E-state index contributed by atoms with van der Waals surface area (Å²) < 4.78 is 6.15. The van der Waals surface area contributed by atoms with Gasteiger partial charge in [0, 0.05) is 36.1 Å². The van der Waals surface area contributed by atoms with Crippen molar-refractivity contribution < 1.29 is 19.1 Å². The lowest BCUT2D eigenvalue weighted by molar-refractivity contribution is -0.136. The Morgan fingerprint density at radius 3 is 2.83 bits per heavy atom. The smallest absolute Gasteiger partial charge is 0.255 e. The number of carbonyl (C=O) groups excluding carboxylic acids is 3. The number of nitrogens with one attached hydrogen (secondary N) is 2. The first-order valence-electron chi connectivity index (χ1n) is 12.6. The minimum atomic E-state index is -0.602. The van der Waals surface area contributed by atoms with Crippen LogP contribution < -0.4 is 10.1 Å². The van der Waals surface area contributed by atoms with E-state index >= 15 is 0 Å². The van der Waals surface area contributed by atoms with E-state index in [4.69, 9.17) is 4.74 Å². The van der Waals surface area contributed by atoms with Gasteiger partial charge in [-0.05, 0) is 61.7 Å². The van der Waals surface area contributed by atoms with Crippen LogP contribution in [0.4, 0.5) is 0 Å². The second kappa shape index (κ2) is 7.89. The Morgan fingerprint density at radius 2 is 2.00 bits per heavy atom. The average molecular weight is 486 g/mol. The molecule has 2 N–H and O–H groups in total. The summed E-state index contributed by atoms with van der Waals surface area (Å²) in [5.74, 6) is -0.0242. The maximum absolute atomic E-state index is 13.2. The number of ether oxygens (including phenoxy) is 1. The standard InChI is InChI=1S/C27H27N5O4/c33-23-5-4-21(25(34)30-23)32-13-17-10-19-22(11-18(17)26(32)35)36-14-27(19)6-8-31(9-7-27)12-16-2-1-3-20-24(16)29-15-28-20/h1-3,10-11,15,21H,4-9,12-14H2,(H,28,29)(H,30,33,34). The minimum absolute atomic E-state index is 0.0513. The summed E-state index contributed by atoms with van der Waals surface area (Å²) in [5, 5.41) is 2.37. The molecule has 3 amide bonds. The average Bonchev–Trinajstić information content (AvgIpc) is 3.57. The van der Waals surface area contributed by atoms with Crippen molar-refractivity contribution in [2.24, 2.45) is 0 Å². The molecule has 5 heterocycles. The monoisotopic (exact) mass is 485 g/mol. The summed E-state index contributed by atoms with van der Waals surface area (Å²) in [6, 6.07) is 9.68. The van der Waals surface area contributed by atoms with Crippen LogP contribution in [-0.2, 0) is 28.1 Å². The molecule has 1 aromatic heterocycles. The van der Waals surface area contributed by atoms with Gasteiger partial charge in [-0.2, -0.15) is 0 Å². The molecule has 36 heavy (non-hydrogen) atoms. The number of para-hydroxylation sites is 1. The number of rotatable bonds is 3. The van der Waals surface area contributed by atoms with Gasteiger partial charge in [0.25, 0.3) is 5.91 Å². The Labute approximate surface area is 207 Å². The van der Waals surface area contributed by atoms with Crippen LogP contribution in [0.5, 0.6) is 5.75 Å². The summed E-state index contributed by atoms with van der Waals surface area (Å²) in [7, 11) is 0. The summed E-state index contributed by atoms with van der Waals surface area (Å²) in [6.07, 6.45) is 4.34. The zero-order chi connectivity index (χ0) is 24.4. The number of aromatic amines is 1. The Morgan fingerprint density at radius 1 is 1.14 bits per heavy atom. The molecular weight excluding hydrogens is 458 g/mol. The van der Waals surface area contributed by atoms with Crippen LogP contribution in [0.1, 0.15) is 52.7 Å². The van der Waals surface area contributed by atoms with Crippen LogP contribution in [0.25, 0.3) is 11.0 Å². The van der Waals surface area contributed by atoms with Crippen molar-refractivity contribution in [1.29, 1.82) is 0 Å². The lowest BCUT2D eigenvalue weighted by Crippen LogP contribution is -2.52. The first kappa shape index (κ1) is 21.6. The molecule has 2 aromatic carbocycles. The van der Waals surface area contributed by atoms with Crippen molar-refractivity contribution in [2.75, 3.05) is 19.7 Å².